The minimum absolute atomic E-state index is 0.697. The van der Waals surface area contributed by atoms with Crippen LogP contribution in [-0.2, 0) is 0 Å². The van der Waals surface area contributed by atoms with Gasteiger partial charge in [0.1, 0.15) is 16.1 Å². The summed E-state index contributed by atoms with van der Waals surface area (Å²) in [5, 5.41) is 7.14. The molecular weight excluding hydrogens is 789 g/mol. The van der Waals surface area contributed by atoms with Gasteiger partial charge in [-0.15, -0.1) is 11.3 Å². The molecule has 0 radical (unpaired) electrons. The molecule has 0 amide bonds. The summed E-state index contributed by atoms with van der Waals surface area (Å²) in [4.78, 5) is 15.6. The minimum atomic E-state index is 0.697. The molecule has 6 heteroatoms. The van der Waals surface area contributed by atoms with Crippen LogP contribution in [0.3, 0.4) is 0 Å². The summed E-state index contributed by atoms with van der Waals surface area (Å²) in [6, 6.07) is 78.9. The molecule has 63 heavy (non-hydrogen) atoms. The first-order chi connectivity index (χ1) is 31.2. The van der Waals surface area contributed by atoms with Crippen LogP contribution < -0.4 is 0 Å². The first-order valence-electron chi connectivity index (χ1n) is 20.9. The van der Waals surface area contributed by atoms with E-state index in [1.165, 1.54) is 37.3 Å². The average Bonchev–Trinajstić information content (AvgIpc) is 4.04. The van der Waals surface area contributed by atoms with Crippen molar-refractivity contribution >= 4 is 75.6 Å². The van der Waals surface area contributed by atoms with Crippen LogP contribution in [0.15, 0.2) is 235 Å². The second-order valence-corrected chi connectivity index (χ2v) is 16.2. The van der Waals surface area contributed by atoms with Gasteiger partial charge in [0, 0.05) is 59.4 Å². The number of para-hydroxylation sites is 3. The summed E-state index contributed by atoms with van der Waals surface area (Å²) in [6.07, 6.45) is 0. The molecule has 0 aliphatic rings. The number of nitrogens with zero attached hydrogens (tertiary/aromatic N) is 4. The van der Waals surface area contributed by atoms with Gasteiger partial charge >= 0.3 is 0 Å². The Hall–Kier alpha value is -8.19. The van der Waals surface area contributed by atoms with Crippen LogP contribution in [0, 0.1) is 0 Å². The highest BCUT2D eigenvalue weighted by atomic mass is 32.1. The summed E-state index contributed by atoms with van der Waals surface area (Å²) >= 11 is 1.76. The number of fused-ring (bicyclic) bond motifs is 9. The van der Waals surface area contributed by atoms with Crippen molar-refractivity contribution in [2.24, 2.45) is 0 Å². The van der Waals surface area contributed by atoms with Gasteiger partial charge in [-0.05, 0) is 66.7 Å². The molecule has 13 rings (SSSR count). The third-order valence-corrected chi connectivity index (χ3v) is 12.3. The van der Waals surface area contributed by atoms with E-state index in [2.05, 4.69) is 155 Å². The van der Waals surface area contributed by atoms with Gasteiger partial charge in [0.25, 0.3) is 0 Å². The Labute approximate surface area is 367 Å². The van der Waals surface area contributed by atoms with Crippen LogP contribution in [-0.4, -0.2) is 19.5 Å². The summed E-state index contributed by atoms with van der Waals surface area (Å²) in [6.45, 7) is 0. The normalized spacial score (nSPS) is 11.2. The first-order valence-corrected chi connectivity index (χ1v) is 21.8. The number of hydrogen-bond donors (Lipinski definition) is 0. The van der Waals surface area contributed by atoms with Crippen LogP contribution in [0.4, 0.5) is 0 Å². The Morgan fingerprint density at radius 2 is 0.841 bits per heavy atom. The lowest BCUT2D eigenvalue weighted by Crippen LogP contribution is -1.95. The van der Waals surface area contributed by atoms with Gasteiger partial charge in [-0.25, -0.2) is 15.0 Å². The third-order valence-electron chi connectivity index (χ3n) is 11.2. The molecule has 6 aromatic heterocycles. The molecule has 0 fully saturated rings. The predicted octanol–water partition coefficient (Wildman–Crippen LogP) is 15.6. The predicted molar refractivity (Wildman–Crippen MR) is 264 cm³/mol. The molecule has 298 valence electrons. The van der Waals surface area contributed by atoms with Crippen LogP contribution in [0.1, 0.15) is 0 Å². The van der Waals surface area contributed by atoms with Crippen molar-refractivity contribution in [1.82, 2.24) is 19.5 Å². The lowest BCUT2D eigenvalue weighted by Gasteiger charge is -2.07. The van der Waals surface area contributed by atoms with E-state index in [9.17, 15) is 0 Å². The maximum Gasteiger partial charge on any atom is 0.227 e. The van der Waals surface area contributed by atoms with E-state index >= 15 is 0 Å². The summed E-state index contributed by atoms with van der Waals surface area (Å²) in [5.41, 5.74) is 11.3. The van der Waals surface area contributed by atoms with Gasteiger partial charge < -0.3 is 4.42 Å². The minimum Gasteiger partial charge on any atom is -0.438 e. The maximum absolute atomic E-state index is 5.80. The quantitative estimate of drug-likeness (QED) is 0.177. The highest BCUT2D eigenvalue weighted by Gasteiger charge is 2.14. The monoisotopic (exact) mass is 826 g/mol. The van der Waals surface area contributed by atoms with Gasteiger partial charge in [0.2, 0.25) is 5.71 Å². The molecule has 0 saturated heterocycles. The Balaban J connectivity index is 0.000000107. The SMILES string of the molecule is c1ccc(-c2ccc3c(n2)oc2ccccc23)cc1.c1ccc(-c2ccc3c(n2)sc2ccccc23)cc1.c1ccc(-c2ccc3c4ccccc4n(-c4ccccc4)c3n2)cc1. The fourth-order valence-electron chi connectivity index (χ4n) is 8.20. The maximum atomic E-state index is 5.80. The highest BCUT2D eigenvalue weighted by molar-refractivity contribution is 7.25. The largest absolute Gasteiger partial charge is 0.438 e. The molecular formula is C57H38N4OS. The Morgan fingerprint density at radius 1 is 0.349 bits per heavy atom. The molecule has 13 aromatic rings. The molecule has 0 unspecified atom stereocenters. The van der Waals surface area contributed by atoms with Crippen molar-refractivity contribution in [2.45, 2.75) is 0 Å². The zero-order valence-electron chi connectivity index (χ0n) is 34.0. The molecule has 0 atom stereocenters. The lowest BCUT2D eigenvalue weighted by atomic mass is 10.1. The summed E-state index contributed by atoms with van der Waals surface area (Å²) < 4.78 is 9.35. The molecule has 6 heterocycles. The Morgan fingerprint density at radius 3 is 1.51 bits per heavy atom. The molecule has 5 nitrogen and oxygen atoms in total. The Bertz CT molecular complexity index is 3520. The molecule has 0 aliphatic heterocycles. The van der Waals surface area contributed by atoms with E-state index in [0.717, 1.165) is 60.7 Å². The van der Waals surface area contributed by atoms with Gasteiger partial charge in [-0.1, -0.05) is 164 Å². The van der Waals surface area contributed by atoms with Crippen molar-refractivity contribution in [2.75, 3.05) is 0 Å². The Kier molecular flexibility index (Phi) is 10.0. The molecule has 0 N–H and O–H groups in total. The van der Waals surface area contributed by atoms with Crippen molar-refractivity contribution in [3.63, 3.8) is 0 Å². The van der Waals surface area contributed by atoms with Crippen molar-refractivity contribution in [3.05, 3.63) is 231 Å². The van der Waals surface area contributed by atoms with Crippen molar-refractivity contribution in [1.29, 1.82) is 0 Å². The topological polar surface area (TPSA) is 56.7 Å². The number of pyridine rings is 3. The zero-order chi connectivity index (χ0) is 42.0. The number of hydrogen-bond acceptors (Lipinski definition) is 5. The number of aromatic nitrogens is 4. The number of benzene rings is 7. The molecule has 0 spiro atoms. The lowest BCUT2D eigenvalue weighted by molar-refractivity contribution is 0.654. The number of furan rings is 1. The van der Waals surface area contributed by atoms with E-state index < -0.39 is 0 Å². The molecule has 0 aliphatic carbocycles. The number of thiophene rings is 1. The van der Waals surface area contributed by atoms with E-state index in [1.54, 1.807) is 11.3 Å². The summed E-state index contributed by atoms with van der Waals surface area (Å²) in [5.74, 6) is 0. The van der Waals surface area contributed by atoms with Crippen LogP contribution in [0.2, 0.25) is 0 Å². The molecule has 0 saturated carbocycles. The zero-order valence-corrected chi connectivity index (χ0v) is 34.9. The second kappa shape index (κ2) is 16.7. The fourth-order valence-corrected chi connectivity index (χ4v) is 9.27. The van der Waals surface area contributed by atoms with Gasteiger partial charge in [-0.2, -0.15) is 0 Å². The smallest absolute Gasteiger partial charge is 0.227 e. The van der Waals surface area contributed by atoms with Crippen LogP contribution in [0.5, 0.6) is 0 Å². The standard InChI is InChI=1S/C23H16N2.C17H11NO.C17H11NS/c1-3-9-17(10-4-1)21-16-15-20-19-13-7-8-14-22(19)25(23(20)24-21)18-11-5-2-6-12-18;2*1-2-6-12(7-3-1)15-11-10-14-13-8-4-5-9-16(13)19-17(14)18-15/h1-16H;2*1-11H. The van der Waals surface area contributed by atoms with E-state index in [1.807, 2.05) is 84.9 Å². The highest BCUT2D eigenvalue weighted by Crippen LogP contribution is 2.35. The average molecular weight is 827 g/mol. The molecule has 0 bridgehead atoms. The van der Waals surface area contributed by atoms with E-state index in [4.69, 9.17) is 14.4 Å². The van der Waals surface area contributed by atoms with Gasteiger partial charge in [0.05, 0.1) is 22.6 Å². The van der Waals surface area contributed by atoms with Crippen molar-refractivity contribution < 1.29 is 4.42 Å². The van der Waals surface area contributed by atoms with E-state index in [-0.39, 0.29) is 0 Å². The second-order valence-electron chi connectivity index (χ2n) is 15.1. The third kappa shape index (κ3) is 7.39. The van der Waals surface area contributed by atoms with Crippen LogP contribution in [0.25, 0.3) is 104 Å². The van der Waals surface area contributed by atoms with E-state index in [0.29, 0.717) is 5.71 Å². The number of rotatable bonds is 4. The van der Waals surface area contributed by atoms with Gasteiger partial charge in [-0.3, -0.25) is 4.57 Å². The molecule has 7 aromatic carbocycles. The van der Waals surface area contributed by atoms with Gasteiger partial charge in [0.15, 0.2) is 0 Å². The first kappa shape index (κ1) is 37.8. The summed E-state index contributed by atoms with van der Waals surface area (Å²) in [7, 11) is 0. The van der Waals surface area contributed by atoms with Crippen molar-refractivity contribution in [3.8, 4) is 39.5 Å². The fraction of sp³-hybridized carbons (Fsp3) is 0. The van der Waals surface area contributed by atoms with Crippen LogP contribution >= 0.6 is 11.3 Å².